The fraction of sp³-hybridized carbons (Fsp3) is 0.214. The van der Waals surface area contributed by atoms with Gasteiger partial charge in [0.2, 0.25) is 0 Å². The summed E-state index contributed by atoms with van der Waals surface area (Å²) in [5.41, 5.74) is 2.01. The summed E-state index contributed by atoms with van der Waals surface area (Å²) in [6, 6.07) is 4.35. The number of fused-ring (bicyclic) bond motifs is 1. The number of halogens is 2. The largest absolute Gasteiger partial charge is 0.294 e. The van der Waals surface area contributed by atoms with Gasteiger partial charge in [-0.3, -0.25) is 4.79 Å². The summed E-state index contributed by atoms with van der Waals surface area (Å²) in [6.45, 7) is 0. The van der Waals surface area contributed by atoms with E-state index in [0.29, 0.717) is 23.4 Å². The van der Waals surface area contributed by atoms with Gasteiger partial charge >= 0.3 is 0 Å². The van der Waals surface area contributed by atoms with Gasteiger partial charge in [0, 0.05) is 18.2 Å². The third-order valence-electron chi connectivity index (χ3n) is 3.16. The molecule has 0 radical (unpaired) electrons. The molecule has 19 heavy (non-hydrogen) atoms. The summed E-state index contributed by atoms with van der Waals surface area (Å²) in [7, 11) is 0. The van der Waals surface area contributed by atoms with Crippen LogP contribution in [0.4, 0.5) is 4.39 Å². The number of rotatable bonds is 1. The highest BCUT2D eigenvalue weighted by Gasteiger charge is 2.19. The van der Waals surface area contributed by atoms with Crippen LogP contribution in [-0.4, -0.2) is 15.8 Å². The molecule has 1 aromatic carbocycles. The van der Waals surface area contributed by atoms with E-state index in [0.717, 1.165) is 18.5 Å². The molecule has 0 saturated carbocycles. The van der Waals surface area contributed by atoms with Crippen molar-refractivity contribution in [2.24, 2.45) is 0 Å². The van der Waals surface area contributed by atoms with Crippen LogP contribution in [0.5, 0.6) is 0 Å². The molecule has 2 aromatic rings. The molecule has 1 aliphatic carbocycles. The minimum atomic E-state index is -0.474. The van der Waals surface area contributed by atoms with Crippen molar-refractivity contribution in [3.63, 3.8) is 0 Å². The van der Waals surface area contributed by atoms with Gasteiger partial charge in [-0.15, -0.1) is 0 Å². The molecule has 0 unspecified atom stereocenters. The highest BCUT2D eigenvalue weighted by atomic mass is 35.5. The summed E-state index contributed by atoms with van der Waals surface area (Å²) in [6.07, 6.45) is 3.69. The van der Waals surface area contributed by atoms with Gasteiger partial charge in [-0.05, 0) is 31.0 Å². The summed E-state index contributed by atoms with van der Waals surface area (Å²) < 4.78 is 13.1. The average molecular weight is 277 g/mol. The number of aromatic nitrogens is 2. The third-order valence-corrected chi connectivity index (χ3v) is 3.45. The minimum Gasteiger partial charge on any atom is -0.294 e. The van der Waals surface area contributed by atoms with Crippen LogP contribution in [0.15, 0.2) is 24.4 Å². The Morgan fingerprint density at radius 3 is 2.89 bits per heavy atom. The number of carbonyl (C=O) groups is 1. The second kappa shape index (κ2) is 4.70. The Hall–Kier alpha value is -1.81. The predicted molar refractivity (Wildman–Crippen MR) is 69.7 cm³/mol. The molecule has 1 aliphatic rings. The number of carbonyl (C=O) groups excluding carboxylic acids is 1. The number of nitrogens with zero attached hydrogens (tertiary/aromatic N) is 2. The van der Waals surface area contributed by atoms with E-state index in [9.17, 15) is 9.18 Å². The molecule has 0 fully saturated rings. The van der Waals surface area contributed by atoms with Crippen LogP contribution in [0.1, 0.15) is 28.9 Å². The van der Waals surface area contributed by atoms with Gasteiger partial charge in [0.1, 0.15) is 5.82 Å². The van der Waals surface area contributed by atoms with Crippen molar-refractivity contribution >= 4 is 17.4 Å². The van der Waals surface area contributed by atoms with Crippen LogP contribution in [0.2, 0.25) is 5.02 Å². The van der Waals surface area contributed by atoms with Gasteiger partial charge in [-0.1, -0.05) is 11.6 Å². The maximum Gasteiger partial charge on any atom is 0.166 e. The molecular weight excluding hydrogens is 267 g/mol. The molecule has 5 heteroatoms. The van der Waals surface area contributed by atoms with Crippen LogP contribution in [0.25, 0.3) is 11.4 Å². The summed E-state index contributed by atoms with van der Waals surface area (Å²) >= 11 is 5.75. The summed E-state index contributed by atoms with van der Waals surface area (Å²) in [5, 5.41) is 0.0369. The zero-order chi connectivity index (χ0) is 13.4. The van der Waals surface area contributed by atoms with Crippen molar-refractivity contribution in [3.8, 4) is 11.4 Å². The van der Waals surface area contributed by atoms with E-state index in [-0.39, 0.29) is 10.8 Å². The monoisotopic (exact) mass is 276 g/mol. The fourth-order valence-electron chi connectivity index (χ4n) is 2.17. The smallest absolute Gasteiger partial charge is 0.166 e. The second-order valence-electron chi connectivity index (χ2n) is 4.46. The van der Waals surface area contributed by atoms with E-state index in [2.05, 4.69) is 9.97 Å². The highest BCUT2D eigenvalue weighted by Crippen LogP contribution is 2.25. The highest BCUT2D eigenvalue weighted by molar-refractivity contribution is 6.31. The van der Waals surface area contributed by atoms with Gasteiger partial charge in [0.15, 0.2) is 11.6 Å². The molecular formula is C14H10ClFN2O. The van der Waals surface area contributed by atoms with Crippen LogP contribution in [0, 0.1) is 5.82 Å². The number of hydrogen-bond donors (Lipinski definition) is 0. The lowest BCUT2D eigenvalue weighted by Gasteiger charge is -2.13. The lowest BCUT2D eigenvalue weighted by molar-refractivity contribution is 0.0971. The van der Waals surface area contributed by atoms with Gasteiger partial charge < -0.3 is 0 Å². The number of ketones is 1. The fourth-order valence-corrected chi connectivity index (χ4v) is 2.35. The first-order valence-electron chi connectivity index (χ1n) is 5.99. The first-order valence-corrected chi connectivity index (χ1v) is 6.37. The molecule has 1 heterocycles. The Morgan fingerprint density at radius 2 is 2.11 bits per heavy atom. The molecule has 96 valence electrons. The molecule has 3 nitrogen and oxygen atoms in total. The van der Waals surface area contributed by atoms with E-state index in [4.69, 9.17) is 11.6 Å². The van der Waals surface area contributed by atoms with Crippen LogP contribution in [-0.2, 0) is 6.42 Å². The zero-order valence-corrected chi connectivity index (χ0v) is 10.7. The Labute approximate surface area is 114 Å². The molecule has 0 saturated heterocycles. The van der Waals surface area contributed by atoms with E-state index >= 15 is 0 Å². The molecule has 3 rings (SSSR count). The van der Waals surface area contributed by atoms with Crippen LogP contribution >= 0.6 is 11.6 Å². The normalized spacial score (nSPS) is 14.3. The summed E-state index contributed by atoms with van der Waals surface area (Å²) in [4.78, 5) is 20.2. The number of Topliss-reactive ketones (excluding diaryl/α,β-unsaturated/α-hetero) is 1. The predicted octanol–water partition coefficient (Wildman–Crippen LogP) is 3.46. The van der Waals surface area contributed by atoms with Gasteiger partial charge in [-0.2, -0.15) is 0 Å². The first-order chi connectivity index (χ1) is 9.15. The summed E-state index contributed by atoms with van der Waals surface area (Å²) in [5.74, 6) is 0.0823. The van der Waals surface area contributed by atoms with E-state index in [1.54, 1.807) is 12.3 Å². The molecule has 0 aliphatic heterocycles. The van der Waals surface area contributed by atoms with Crippen molar-refractivity contribution in [3.05, 3.63) is 46.5 Å². The Bertz CT molecular complexity index is 672. The maximum absolute atomic E-state index is 13.1. The van der Waals surface area contributed by atoms with E-state index in [1.807, 2.05) is 0 Å². The van der Waals surface area contributed by atoms with Gasteiger partial charge in [0.25, 0.3) is 0 Å². The average Bonchev–Trinajstić information content (AvgIpc) is 2.42. The molecule has 0 bridgehead atoms. The Kier molecular flexibility index (Phi) is 3.03. The topological polar surface area (TPSA) is 42.9 Å². The first kappa shape index (κ1) is 12.2. The number of hydrogen-bond acceptors (Lipinski definition) is 3. The minimum absolute atomic E-state index is 0.0369. The molecule has 0 amide bonds. The zero-order valence-electron chi connectivity index (χ0n) is 9.99. The Balaban J connectivity index is 2.06. The van der Waals surface area contributed by atoms with Crippen LogP contribution in [0.3, 0.4) is 0 Å². The van der Waals surface area contributed by atoms with E-state index in [1.165, 1.54) is 12.1 Å². The lowest BCUT2D eigenvalue weighted by Crippen LogP contribution is -2.13. The number of benzene rings is 1. The quantitative estimate of drug-likeness (QED) is 0.801. The standard InChI is InChI=1S/C14H10ClFN2O/c15-10-6-8(4-5-11(10)16)14-17-7-9-12(18-14)2-1-3-13(9)19/h4-7H,1-3H2. The molecule has 0 atom stereocenters. The van der Waals surface area contributed by atoms with Crippen molar-refractivity contribution in [1.82, 2.24) is 9.97 Å². The maximum atomic E-state index is 13.1. The number of aryl methyl sites for hydroxylation is 1. The molecule has 0 spiro atoms. The van der Waals surface area contributed by atoms with Gasteiger partial charge in [-0.25, -0.2) is 14.4 Å². The second-order valence-corrected chi connectivity index (χ2v) is 4.87. The van der Waals surface area contributed by atoms with E-state index < -0.39 is 5.82 Å². The molecule has 0 N–H and O–H groups in total. The van der Waals surface area contributed by atoms with Crippen LogP contribution < -0.4 is 0 Å². The SMILES string of the molecule is O=C1CCCc2nc(-c3ccc(F)c(Cl)c3)ncc21. The molecule has 1 aromatic heterocycles. The van der Waals surface area contributed by atoms with Crippen molar-refractivity contribution in [1.29, 1.82) is 0 Å². The lowest BCUT2D eigenvalue weighted by atomic mass is 9.96. The Morgan fingerprint density at radius 1 is 1.26 bits per heavy atom. The third kappa shape index (κ3) is 2.24. The van der Waals surface area contributed by atoms with Crippen molar-refractivity contribution in [2.75, 3.05) is 0 Å². The van der Waals surface area contributed by atoms with Crippen molar-refractivity contribution < 1.29 is 9.18 Å². The van der Waals surface area contributed by atoms with Crippen molar-refractivity contribution in [2.45, 2.75) is 19.3 Å². The van der Waals surface area contributed by atoms with Gasteiger partial charge in [0.05, 0.1) is 16.3 Å².